The molecule has 3 atom stereocenters. The van der Waals surface area contributed by atoms with Crippen LogP contribution in [0.5, 0.6) is 0 Å². The number of quaternary nitrogens is 1. The van der Waals surface area contributed by atoms with E-state index >= 15 is 0 Å². The van der Waals surface area contributed by atoms with Crippen molar-refractivity contribution in [1.82, 2.24) is 0 Å². The molecule has 96 valence electrons. The zero-order chi connectivity index (χ0) is 12.1. The van der Waals surface area contributed by atoms with E-state index < -0.39 is 0 Å². The molecular weight excluding hydrogens is 206 g/mol. The van der Waals surface area contributed by atoms with E-state index in [0.29, 0.717) is 5.54 Å². The van der Waals surface area contributed by atoms with E-state index in [0.717, 1.165) is 5.92 Å². The number of fused-ring (bicyclic) bond motifs is 2. The van der Waals surface area contributed by atoms with Crippen LogP contribution in [0.15, 0.2) is 11.1 Å². The Labute approximate surface area is 106 Å². The van der Waals surface area contributed by atoms with Gasteiger partial charge in [-0.05, 0) is 38.2 Å². The highest BCUT2D eigenvalue weighted by Gasteiger charge is 2.57. The molecule has 1 unspecified atom stereocenters. The number of hydrogen-bond donors (Lipinski definition) is 0. The molecule has 2 aliphatic heterocycles. The SMILES string of the molecule is CCC[C@H]1C[C@]2(C)C3=C(CCC3)CC[N+]2(C)C1. The largest absolute Gasteiger partial charge is 0.317 e. The predicted molar refractivity (Wildman–Crippen MR) is 72.8 cm³/mol. The zero-order valence-corrected chi connectivity index (χ0v) is 11.9. The second kappa shape index (κ2) is 3.85. The van der Waals surface area contributed by atoms with Gasteiger partial charge in [0.15, 0.2) is 0 Å². The Morgan fingerprint density at radius 3 is 2.88 bits per heavy atom. The summed E-state index contributed by atoms with van der Waals surface area (Å²) in [5.41, 5.74) is 4.27. The monoisotopic (exact) mass is 234 g/mol. The maximum Gasteiger partial charge on any atom is 0.118 e. The maximum absolute atomic E-state index is 2.59. The van der Waals surface area contributed by atoms with Gasteiger partial charge in [0.1, 0.15) is 5.54 Å². The maximum atomic E-state index is 2.59. The molecule has 0 aromatic heterocycles. The van der Waals surface area contributed by atoms with Gasteiger partial charge in [-0.15, -0.1) is 0 Å². The number of likely N-dealkylation sites (N-methyl/N-ethyl adjacent to an activating group) is 1. The highest BCUT2D eigenvalue weighted by atomic mass is 15.4. The lowest BCUT2D eigenvalue weighted by molar-refractivity contribution is -0.941. The van der Waals surface area contributed by atoms with Crippen molar-refractivity contribution in [3.05, 3.63) is 11.1 Å². The topological polar surface area (TPSA) is 0 Å². The summed E-state index contributed by atoms with van der Waals surface area (Å²) in [6, 6.07) is 0. The zero-order valence-electron chi connectivity index (χ0n) is 11.9. The van der Waals surface area contributed by atoms with Gasteiger partial charge >= 0.3 is 0 Å². The Morgan fingerprint density at radius 2 is 2.12 bits per heavy atom. The highest BCUT2D eigenvalue weighted by molar-refractivity contribution is 5.31. The molecule has 0 aromatic carbocycles. The molecule has 1 fully saturated rings. The first-order valence-corrected chi connectivity index (χ1v) is 7.65. The van der Waals surface area contributed by atoms with E-state index in [1.807, 2.05) is 11.1 Å². The first-order chi connectivity index (χ1) is 8.09. The molecule has 1 nitrogen and oxygen atoms in total. The Morgan fingerprint density at radius 1 is 1.29 bits per heavy atom. The van der Waals surface area contributed by atoms with Crippen molar-refractivity contribution in [2.45, 2.75) is 64.3 Å². The molecule has 0 amide bonds. The second-order valence-corrected chi connectivity index (χ2v) is 7.12. The van der Waals surface area contributed by atoms with Crippen LogP contribution in [-0.2, 0) is 0 Å². The average Bonchev–Trinajstić information content (AvgIpc) is 2.82. The standard InChI is InChI=1S/C16H28N/c1-4-6-13-11-16(2)15-8-5-7-14(15)9-10-17(16,3)12-13/h13H,4-12H2,1-3H3/q+1/t13-,16+,17?/m0/s1. The van der Waals surface area contributed by atoms with Crippen molar-refractivity contribution in [3.63, 3.8) is 0 Å². The van der Waals surface area contributed by atoms with Gasteiger partial charge in [-0.2, -0.15) is 0 Å². The van der Waals surface area contributed by atoms with Gasteiger partial charge in [0.25, 0.3) is 0 Å². The van der Waals surface area contributed by atoms with E-state index in [9.17, 15) is 0 Å². The fraction of sp³-hybridized carbons (Fsp3) is 0.875. The Kier molecular flexibility index (Phi) is 2.66. The lowest BCUT2D eigenvalue weighted by Crippen LogP contribution is -2.59. The first kappa shape index (κ1) is 11.8. The van der Waals surface area contributed by atoms with Crippen LogP contribution < -0.4 is 0 Å². The lowest BCUT2D eigenvalue weighted by Gasteiger charge is -2.48. The first-order valence-electron chi connectivity index (χ1n) is 7.65. The number of nitrogens with zero attached hydrogens (tertiary/aromatic N) is 1. The molecule has 2 heterocycles. The van der Waals surface area contributed by atoms with Crippen LogP contribution in [0.25, 0.3) is 0 Å². The fourth-order valence-electron chi connectivity index (χ4n) is 5.12. The Balaban J connectivity index is 1.94. The number of rotatable bonds is 2. The minimum Gasteiger partial charge on any atom is -0.317 e. The molecule has 1 aliphatic carbocycles. The van der Waals surface area contributed by atoms with Crippen molar-refractivity contribution in [2.24, 2.45) is 5.92 Å². The molecule has 0 saturated carbocycles. The molecule has 0 spiro atoms. The van der Waals surface area contributed by atoms with Crippen LogP contribution >= 0.6 is 0 Å². The smallest absolute Gasteiger partial charge is 0.118 e. The van der Waals surface area contributed by atoms with Crippen molar-refractivity contribution in [1.29, 1.82) is 0 Å². The molecule has 1 saturated heterocycles. The van der Waals surface area contributed by atoms with Crippen LogP contribution in [-0.4, -0.2) is 30.2 Å². The van der Waals surface area contributed by atoms with Crippen LogP contribution in [0.1, 0.15) is 58.8 Å². The van der Waals surface area contributed by atoms with E-state index in [4.69, 9.17) is 0 Å². The lowest BCUT2D eigenvalue weighted by atomic mass is 9.79. The normalized spacial score (nSPS) is 45.0. The van der Waals surface area contributed by atoms with Gasteiger partial charge in [-0.1, -0.05) is 18.9 Å². The fourth-order valence-corrected chi connectivity index (χ4v) is 5.12. The third kappa shape index (κ3) is 1.54. The molecule has 0 radical (unpaired) electrons. The summed E-state index contributed by atoms with van der Waals surface area (Å²) in [5.74, 6) is 0.988. The second-order valence-electron chi connectivity index (χ2n) is 7.12. The third-order valence-electron chi connectivity index (χ3n) is 6.13. The summed E-state index contributed by atoms with van der Waals surface area (Å²) in [6.07, 6.45) is 9.97. The van der Waals surface area contributed by atoms with Crippen LogP contribution in [0.3, 0.4) is 0 Å². The molecule has 0 N–H and O–H groups in total. The molecular formula is C16H28N+. The van der Waals surface area contributed by atoms with E-state index in [-0.39, 0.29) is 0 Å². The quantitative estimate of drug-likeness (QED) is 0.502. The third-order valence-corrected chi connectivity index (χ3v) is 6.13. The molecule has 17 heavy (non-hydrogen) atoms. The van der Waals surface area contributed by atoms with E-state index in [1.165, 1.54) is 62.5 Å². The van der Waals surface area contributed by atoms with Crippen LogP contribution in [0.4, 0.5) is 0 Å². The van der Waals surface area contributed by atoms with Crippen molar-refractivity contribution < 1.29 is 4.48 Å². The van der Waals surface area contributed by atoms with Gasteiger partial charge in [0.05, 0.1) is 20.1 Å². The Hall–Kier alpha value is -0.300. The van der Waals surface area contributed by atoms with E-state index in [2.05, 4.69) is 20.9 Å². The Bertz CT molecular complexity index is 357. The summed E-state index contributed by atoms with van der Waals surface area (Å²) >= 11 is 0. The van der Waals surface area contributed by atoms with Gasteiger partial charge in [-0.3, -0.25) is 0 Å². The molecule has 0 bridgehead atoms. The summed E-state index contributed by atoms with van der Waals surface area (Å²) in [7, 11) is 2.54. The van der Waals surface area contributed by atoms with Gasteiger partial charge in [0.2, 0.25) is 0 Å². The van der Waals surface area contributed by atoms with Gasteiger partial charge < -0.3 is 4.48 Å². The summed E-state index contributed by atoms with van der Waals surface area (Å²) in [5, 5.41) is 0. The summed E-state index contributed by atoms with van der Waals surface area (Å²) in [6.45, 7) is 7.79. The van der Waals surface area contributed by atoms with Crippen LogP contribution in [0.2, 0.25) is 0 Å². The minimum absolute atomic E-state index is 0.518. The van der Waals surface area contributed by atoms with Crippen molar-refractivity contribution in [3.8, 4) is 0 Å². The van der Waals surface area contributed by atoms with Crippen molar-refractivity contribution >= 4 is 0 Å². The highest BCUT2D eigenvalue weighted by Crippen LogP contribution is 2.53. The molecule has 3 rings (SSSR count). The van der Waals surface area contributed by atoms with Gasteiger partial charge in [-0.25, -0.2) is 0 Å². The molecule has 3 aliphatic rings. The summed E-state index contributed by atoms with van der Waals surface area (Å²) < 4.78 is 1.36. The average molecular weight is 234 g/mol. The van der Waals surface area contributed by atoms with Gasteiger partial charge in [0, 0.05) is 18.8 Å². The summed E-state index contributed by atoms with van der Waals surface area (Å²) in [4.78, 5) is 0. The predicted octanol–water partition coefficient (Wildman–Crippen LogP) is 3.90. The van der Waals surface area contributed by atoms with Crippen LogP contribution in [0, 0.1) is 5.92 Å². The number of hydrogen-bond acceptors (Lipinski definition) is 0. The minimum atomic E-state index is 0.518. The molecule has 0 aromatic rings. The van der Waals surface area contributed by atoms with E-state index in [1.54, 1.807) is 0 Å². The molecule has 1 heteroatoms. The van der Waals surface area contributed by atoms with Crippen molar-refractivity contribution in [2.75, 3.05) is 20.1 Å².